The average molecular weight is 497 g/mol. The number of carbonyl (C=O) groups is 1. The number of amides is 1. The number of aromatic nitrogens is 1. The van der Waals surface area contributed by atoms with Gasteiger partial charge in [0.25, 0.3) is 0 Å². The van der Waals surface area contributed by atoms with Crippen molar-refractivity contribution in [3.05, 3.63) is 100 Å². The summed E-state index contributed by atoms with van der Waals surface area (Å²) in [5.74, 6) is -1.32. The largest absolute Gasteiger partial charge is 0.337 e. The molecule has 0 aliphatic carbocycles. The van der Waals surface area contributed by atoms with Crippen LogP contribution in [0.4, 0.5) is 4.39 Å². The van der Waals surface area contributed by atoms with Crippen molar-refractivity contribution in [1.82, 2.24) is 9.47 Å². The number of rotatable bonds is 5. The molecule has 2 heterocycles. The summed E-state index contributed by atoms with van der Waals surface area (Å²) < 4.78 is 42.6. The fraction of sp³-hybridized carbons (Fsp3) is 0.192. The molecule has 0 N–H and O–H groups in total. The van der Waals surface area contributed by atoms with Crippen LogP contribution < -0.4 is 0 Å². The van der Waals surface area contributed by atoms with E-state index in [1.165, 1.54) is 30.0 Å². The van der Waals surface area contributed by atoms with E-state index in [9.17, 15) is 17.6 Å². The zero-order chi connectivity index (χ0) is 23.9. The van der Waals surface area contributed by atoms with E-state index in [-0.39, 0.29) is 27.9 Å². The maximum Gasteiger partial charge on any atom is 0.242 e. The molecule has 1 amide bonds. The molecule has 1 aliphatic heterocycles. The summed E-state index contributed by atoms with van der Waals surface area (Å²) in [6.45, 7) is 1.16. The van der Waals surface area contributed by atoms with Crippen molar-refractivity contribution in [2.24, 2.45) is 0 Å². The van der Waals surface area contributed by atoms with Crippen LogP contribution in [0.25, 0.3) is 10.9 Å². The lowest BCUT2D eigenvalue weighted by Gasteiger charge is -2.29. The van der Waals surface area contributed by atoms with E-state index in [1.54, 1.807) is 33.7 Å². The predicted octanol–water partition coefficient (Wildman–Crippen LogP) is 4.99. The second kappa shape index (κ2) is 8.89. The summed E-state index contributed by atoms with van der Waals surface area (Å²) in [6, 6.07) is 19.2. The van der Waals surface area contributed by atoms with Gasteiger partial charge in [0.15, 0.2) is 9.84 Å². The second-order valence-corrected chi connectivity index (χ2v) is 10.8. The topological polar surface area (TPSA) is 59.4 Å². The molecule has 0 radical (unpaired) electrons. The molecule has 8 heteroatoms. The lowest BCUT2D eigenvalue weighted by Crippen LogP contribution is -2.37. The number of nitrogens with zero attached hydrogens (tertiary/aromatic N) is 2. The first-order valence-corrected chi connectivity index (χ1v) is 12.9. The van der Waals surface area contributed by atoms with E-state index in [0.29, 0.717) is 24.0 Å². The number of para-hydroxylation sites is 1. The van der Waals surface area contributed by atoms with Crippen molar-refractivity contribution in [2.75, 3.05) is 6.54 Å². The third-order valence-corrected chi connectivity index (χ3v) is 8.29. The number of fused-ring (bicyclic) bond motifs is 2. The molecule has 1 aromatic heterocycles. The van der Waals surface area contributed by atoms with Gasteiger partial charge in [-0.1, -0.05) is 60.1 Å². The van der Waals surface area contributed by atoms with Crippen LogP contribution in [0.1, 0.15) is 16.7 Å². The molecule has 0 spiro atoms. The smallest absolute Gasteiger partial charge is 0.242 e. The molecule has 5 rings (SSSR count). The third-order valence-electron chi connectivity index (χ3n) is 6.27. The molecule has 174 valence electrons. The second-order valence-electron chi connectivity index (χ2n) is 8.43. The summed E-state index contributed by atoms with van der Waals surface area (Å²) >= 11 is 6.08. The van der Waals surface area contributed by atoms with Gasteiger partial charge in [-0.15, -0.1) is 0 Å². The van der Waals surface area contributed by atoms with Gasteiger partial charge in [-0.05, 0) is 35.7 Å². The normalized spacial score (nSPS) is 13.8. The van der Waals surface area contributed by atoms with Crippen LogP contribution in [0.5, 0.6) is 0 Å². The monoisotopic (exact) mass is 496 g/mol. The van der Waals surface area contributed by atoms with Crippen LogP contribution in [0.2, 0.25) is 5.02 Å². The fourth-order valence-electron chi connectivity index (χ4n) is 4.48. The van der Waals surface area contributed by atoms with E-state index in [2.05, 4.69) is 6.07 Å². The molecule has 0 fully saturated rings. The maximum absolute atomic E-state index is 14.3. The Bertz CT molecular complexity index is 1490. The van der Waals surface area contributed by atoms with Gasteiger partial charge in [0.05, 0.1) is 10.6 Å². The zero-order valence-corrected chi connectivity index (χ0v) is 19.8. The molecular formula is C26H22ClFN2O3S. The highest BCUT2D eigenvalue weighted by Crippen LogP contribution is 2.31. The Morgan fingerprint density at radius 1 is 0.971 bits per heavy atom. The van der Waals surface area contributed by atoms with Crippen LogP contribution in [0.15, 0.2) is 77.8 Å². The first kappa shape index (κ1) is 22.6. The standard InChI is InChI=1S/C26H22ClFN2O3S/c27-22-9-5-10-23(28)21(22)17-34(32,33)25-15-30(24-11-4-3-8-20(24)25)16-26(31)29-13-12-18-6-1-2-7-19(18)14-29/h1-11,15H,12-14,16-17H2. The Hall–Kier alpha value is -3.16. The summed E-state index contributed by atoms with van der Waals surface area (Å²) in [5.41, 5.74) is 2.94. The van der Waals surface area contributed by atoms with Gasteiger partial charge in [-0.3, -0.25) is 4.79 Å². The van der Waals surface area contributed by atoms with Crippen molar-refractivity contribution >= 4 is 38.2 Å². The molecule has 0 bridgehead atoms. The van der Waals surface area contributed by atoms with Crippen LogP contribution in [-0.2, 0) is 39.9 Å². The first-order valence-electron chi connectivity index (χ1n) is 10.9. The van der Waals surface area contributed by atoms with Crippen molar-refractivity contribution in [1.29, 1.82) is 0 Å². The fourth-order valence-corrected chi connectivity index (χ4v) is 6.42. The van der Waals surface area contributed by atoms with Crippen LogP contribution >= 0.6 is 11.6 Å². The molecular weight excluding hydrogens is 475 g/mol. The average Bonchev–Trinajstić information content (AvgIpc) is 3.20. The summed E-state index contributed by atoms with van der Waals surface area (Å²) in [6.07, 6.45) is 2.27. The highest BCUT2D eigenvalue weighted by atomic mass is 35.5. The number of sulfone groups is 1. The van der Waals surface area contributed by atoms with E-state index < -0.39 is 21.4 Å². The van der Waals surface area contributed by atoms with E-state index in [4.69, 9.17) is 11.6 Å². The van der Waals surface area contributed by atoms with Gasteiger partial charge in [0.2, 0.25) is 5.91 Å². The van der Waals surface area contributed by atoms with Crippen molar-refractivity contribution in [3.63, 3.8) is 0 Å². The highest BCUT2D eigenvalue weighted by Gasteiger charge is 2.26. The molecule has 0 saturated carbocycles. The van der Waals surface area contributed by atoms with E-state index in [1.807, 2.05) is 18.2 Å². The Labute approximate surface area is 202 Å². The van der Waals surface area contributed by atoms with Gasteiger partial charge >= 0.3 is 0 Å². The Balaban J connectivity index is 1.46. The summed E-state index contributed by atoms with van der Waals surface area (Å²) in [4.78, 5) is 15.0. The minimum Gasteiger partial charge on any atom is -0.337 e. The third kappa shape index (κ3) is 4.21. The Morgan fingerprint density at radius 2 is 1.71 bits per heavy atom. The lowest BCUT2D eigenvalue weighted by molar-refractivity contribution is -0.132. The van der Waals surface area contributed by atoms with E-state index in [0.717, 1.165) is 12.0 Å². The van der Waals surface area contributed by atoms with Crippen molar-refractivity contribution < 1.29 is 17.6 Å². The van der Waals surface area contributed by atoms with Crippen LogP contribution in [-0.4, -0.2) is 30.3 Å². The molecule has 1 aliphatic rings. The van der Waals surface area contributed by atoms with Gasteiger partial charge in [0.1, 0.15) is 12.4 Å². The first-order chi connectivity index (χ1) is 16.3. The Morgan fingerprint density at radius 3 is 2.50 bits per heavy atom. The SMILES string of the molecule is O=C(Cn1cc(S(=O)(=O)Cc2c(F)cccc2Cl)c2ccccc21)N1CCc2ccccc2C1. The highest BCUT2D eigenvalue weighted by molar-refractivity contribution is 7.90. The minimum absolute atomic E-state index is 0.0126. The Kier molecular flexibility index (Phi) is 5.91. The maximum atomic E-state index is 14.3. The summed E-state index contributed by atoms with van der Waals surface area (Å²) in [5, 5.41) is 0.555. The zero-order valence-electron chi connectivity index (χ0n) is 18.2. The molecule has 34 heavy (non-hydrogen) atoms. The molecule has 5 nitrogen and oxygen atoms in total. The van der Waals surface area contributed by atoms with Gasteiger partial charge in [0, 0.05) is 40.8 Å². The molecule has 3 aromatic carbocycles. The number of carbonyl (C=O) groups excluding carboxylic acids is 1. The quantitative estimate of drug-likeness (QED) is 0.391. The van der Waals surface area contributed by atoms with Crippen LogP contribution in [0.3, 0.4) is 0 Å². The predicted molar refractivity (Wildman–Crippen MR) is 130 cm³/mol. The van der Waals surface area contributed by atoms with E-state index >= 15 is 0 Å². The number of benzene rings is 3. The van der Waals surface area contributed by atoms with Crippen LogP contribution in [0, 0.1) is 5.82 Å². The van der Waals surface area contributed by atoms with Crippen molar-refractivity contribution in [2.45, 2.75) is 30.2 Å². The summed E-state index contributed by atoms with van der Waals surface area (Å²) in [7, 11) is -3.93. The molecule has 0 saturated heterocycles. The lowest BCUT2D eigenvalue weighted by atomic mass is 10.00. The molecule has 4 aromatic rings. The number of halogens is 2. The molecule has 0 atom stereocenters. The van der Waals surface area contributed by atoms with Gasteiger partial charge in [-0.2, -0.15) is 0 Å². The molecule has 0 unspecified atom stereocenters. The number of hydrogen-bond donors (Lipinski definition) is 0. The minimum atomic E-state index is -3.93. The van der Waals surface area contributed by atoms with Crippen molar-refractivity contribution in [3.8, 4) is 0 Å². The van der Waals surface area contributed by atoms with Gasteiger partial charge < -0.3 is 9.47 Å². The number of hydrogen-bond acceptors (Lipinski definition) is 3. The van der Waals surface area contributed by atoms with Gasteiger partial charge in [-0.25, -0.2) is 12.8 Å².